The molecule has 114 valence electrons. The number of benzene rings is 1. The van der Waals surface area contributed by atoms with Crippen LogP contribution in [0.2, 0.25) is 0 Å². The average Bonchev–Trinajstić information content (AvgIpc) is 2.69. The minimum atomic E-state index is -1.02. The molecule has 2 rings (SSSR count). The largest absolute Gasteiger partial charge is 0.480 e. The lowest BCUT2D eigenvalue weighted by atomic mass is 9.93. The van der Waals surface area contributed by atoms with E-state index in [4.69, 9.17) is 10.8 Å². The van der Waals surface area contributed by atoms with Crippen LogP contribution < -0.4 is 10.6 Å². The Bertz CT molecular complexity index is 490. The van der Waals surface area contributed by atoms with Gasteiger partial charge in [0.2, 0.25) is 5.91 Å². The summed E-state index contributed by atoms with van der Waals surface area (Å²) in [6.07, 6.45) is 4.66. The normalized spacial score (nSPS) is 22.3. The summed E-state index contributed by atoms with van der Waals surface area (Å²) in [4.78, 5) is 25.2. The third kappa shape index (κ3) is 4.04. The highest BCUT2D eigenvalue weighted by atomic mass is 16.4. The molecule has 1 aromatic rings. The Balaban J connectivity index is 2.23. The molecule has 1 saturated carbocycles. The van der Waals surface area contributed by atoms with Crippen molar-refractivity contribution in [3.05, 3.63) is 30.3 Å². The van der Waals surface area contributed by atoms with Crippen molar-refractivity contribution in [1.82, 2.24) is 0 Å². The van der Waals surface area contributed by atoms with Crippen LogP contribution in [0.1, 0.15) is 32.1 Å². The molecular formula is C16H22N2O3. The maximum Gasteiger partial charge on any atom is 0.323 e. The van der Waals surface area contributed by atoms with Gasteiger partial charge in [0.05, 0.1) is 5.92 Å². The number of anilines is 1. The van der Waals surface area contributed by atoms with Gasteiger partial charge in [-0.2, -0.15) is 0 Å². The van der Waals surface area contributed by atoms with E-state index in [1.54, 1.807) is 24.3 Å². The van der Waals surface area contributed by atoms with Crippen molar-refractivity contribution in [2.24, 2.45) is 11.7 Å². The number of amides is 1. The predicted octanol–water partition coefficient (Wildman–Crippen LogP) is 2.01. The summed E-state index contributed by atoms with van der Waals surface area (Å²) in [5.41, 5.74) is 6.74. The Morgan fingerprint density at radius 3 is 2.48 bits per heavy atom. The first-order valence-corrected chi connectivity index (χ1v) is 7.43. The second kappa shape index (κ2) is 7.22. The van der Waals surface area contributed by atoms with Crippen molar-refractivity contribution in [2.45, 2.75) is 38.1 Å². The van der Waals surface area contributed by atoms with Crippen LogP contribution in [0.4, 0.5) is 5.69 Å². The molecule has 0 aromatic heterocycles. The van der Waals surface area contributed by atoms with Gasteiger partial charge in [0.15, 0.2) is 0 Å². The molecule has 0 bridgehead atoms. The molecule has 3 N–H and O–H groups in total. The van der Waals surface area contributed by atoms with Gasteiger partial charge in [-0.25, -0.2) is 0 Å². The number of para-hydroxylation sites is 1. The predicted molar refractivity (Wildman–Crippen MR) is 81.0 cm³/mol. The summed E-state index contributed by atoms with van der Waals surface area (Å²) in [7, 11) is 0. The molecule has 1 amide bonds. The molecule has 1 aliphatic carbocycles. The Labute approximate surface area is 124 Å². The van der Waals surface area contributed by atoms with Crippen LogP contribution in [0, 0.1) is 5.92 Å². The van der Waals surface area contributed by atoms with Gasteiger partial charge in [-0.15, -0.1) is 0 Å². The maximum atomic E-state index is 12.8. The summed E-state index contributed by atoms with van der Waals surface area (Å²) in [5, 5.41) is 9.09. The molecule has 0 saturated heterocycles. The fraction of sp³-hybridized carbons (Fsp3) is 0.500. The fourth-order valence-electron chi connectivity index (χ4n) is 2.88. The highest BCUT2D eigenvalue weighted by molar-refractivity contribution is 5.99. The number of hydrogen-bond acceptors (Lipinski definition) is 3. The number of carboxylic acids is 1. The number of aliphatic carboxylic acids is 1. The highest BCUT2D eigenvalue weighted by Crippen LogP contribution is 2.26. The van der Waals surface area contributed by atoms with Crippen molar-refractivity contribution in [3.63, 3.8) is 0 Å². The average molecular weight is 290 g/mol. The van der Waals surface area contributed by atoms with E-state index in [0.29, 0.717) is 5.69 Å². The zero-order valence-electron chi connectivity index (χ0n) is 12.1. The van der Waals surface area contributed by atoms with Crippen molar-refractivity contribution in [2.75, 3.05) is 11.4 Å². The Kier molecular flexibility index (Phi) is 5.33. The number of carboxylic acid groups (broad SMARTS) is 1. The van der Waals surface area contributed by atoms with Crippen LogP contribution in [0.15, 0.2) is 30.3 Å². The summed E-state index contributed by atoms with van der Waals surface area (Å²) in [5.74, 6) is -1.47. The minimum Gasteiger partial charge on any atom is -0.480 e. The molecule has 21 heavy (non-hydrogen) atoms. The van der Waals surface area contributed by atoms with Crippen LogP contribution in [-0.2, 0) is 9.59 Å². The molecule has 2 unspecified atom stereocenters. The van der Waals surface area contributed by atoms with E-state index in [0.717, 1.165) is 32.1 Å². The smallest absolute Gasteiger partial charge is 0.323 e. The molecule has 0 heterocycles. The van der Waals surface area contributed by atoms with Crippen LogP contribution in [-0.4, -0.2) is 29.6 Å². The molecule has 1 fully saturated rings. The number of nitrogens with zero attached hydrogens (tertiary/aromatic N) is 1. The SMILES string of the molecule is NC1CCCCCC1C(=O)N(CC(=O)O)c1ccccc1. The molecule has 5 heteroatoms. The van der Waals surface area contributed by atoms with Crippen molar-refractivity contribution < 1.29 is 14.7 Å². The van der Waals surface area contributed by atoms with Crippen molar-refractivity contribution in [3.8, 4) is 0 Å². The van der Waals surface area contributed by atoms with E-state index in [1.807, 2.05) is 6.07 Å². The standard InChI is InChI=1S/C16H22N2O3/c17-14-10-6-2-5-9-13(14)16(21)18(11-15(19)20)12-7-3-1-4-8-12/h1,3-4,7-8,13-14H,2,5-6,9-11,17H2,(H,19,20). The van der Waals surface area contributed by atoms with E-state index in [1.165, 1.54) is 4.90 Å². The third-order valence-corrected chi connectivity index (χ3v) is 4.01. The maximum absolute atomic E-state index is 12.8. The van der Waals surface area contributed by atoms with Crippen LogP contribution in [0.25, 0.3) is 0 Å². The molecular weight excluding hydrogens is 268 g/mol. The first-order valence-electron chi connectivity index (χ1n) is 7.43. The molecule has 2 atom stereocenters. The van der Waals surface area contributed by atoms with Gasteiger partial charge in [-0.3, -0.25) is 9.59 Å². The molecule has 0 radical (unpaired) electrons. The van der Waals surface area contributed by atoms with Crippen LogP contribution >= 0.6 is 0 Å². The fourth-order valence-corrected chi connectivity index (χ4v) is 2.88. The quantitative estimate of drug-likeness (QED) is 0.831. The van der Waals surface area contributed by atoms with Crippen molar-refractivity contribution in [1.29, 1.82) is 0 Å². The summed E-state index contributed by atoms with van der Waals surface area (Å²) >= 11 is 0. The van der Waals surface area contributed by atoms with Crippen LogP contribution in [0.3, 0.4) is 0 Å². The number of carbonyl (C=O) groups excluding carboxylic acids is 1. The van der Waals surface area contributed by atoms with Gasteiger partial charge in [0.25, 0.3) is 0 Å². The zero-order chi connectivity index (χ0) is 15.2. The molecule has 1 aromatic carbocycles. The third-order valence-electron chi connectivity index (χ3n) is 4.01. The second-order valence-corrected chi connectivity index (χ2v) is 5.56. The number of hydrogen-bond donors (Lipinski definition) is 2. The van der Waals surface area contributed by atoms with E-state index < -0.39 is 5.97 Å². The molecule has 1 aliphatic rings. The second-order valence-electron chi connectivity index (χ2n) is 5.56. The first kappa shape index (κ1) is 15.5. The van der Waals surface area contributed by atoms with Gasteiger partial charge in [-0.05, 0) is 25.0 Å². The van der Waals surface area contributed by atoms with E-state index in [9.17, 15) is 9.59 Å². The summed E-state index contributed by atoms with van der Waals surface area (Å²) in [6.45, 7) is -0.327. The van der Waals surface area contributed by atoms with Gasteiger partial charge < -0.3 is 15.7 Å². The number of nitrogens with two attached hydrogens (primary N) is 1. The first-order chi connectivity index (χ1) is 10.1. The lowest BCUT2D eigenvalue weighted by Crippen LogP contribution is -2.45. The van der Waals surface area contributed by atoms with Crippen molar-refractivity contribution >= 4 is 17.6 Å². The molecule has 0 spiro atoms. The number of carbonyl (C=O) groups is 2. The highest BCUT2D eigenvalue weighted by Gasteiger charge is 2.32. The Morgan fingerprint density at radius 1 is 1.14 bits per heavy atom. The molecule has 0 aliphatic heterocycles. The Hall–Kier alpha value is -1.88. The van der Waals surface area contributed by atoms with E-state index >= 15 is 0 Å². The minimum absolute atomic E-state index is 0.169. The zero-order valence-corrected chi connectivity index (χ0v) is 12.1. The topological polar surface area (TPSA) is 83.6 Å². The lowest BCUT2D eigenvalue weighted by molar-refractivity contribution is -0.137. The van der Waals surface area contributed by atoms with Gasteiger partial charge in [-0.1, -0.05) is 37.5 Å². The molecule has 5 nitrogen and oxygen atoms in total. The summed E-state index contributed by atoms with van der Waals surface area (Å²) < 4.78 is 0. The van der Waals surface area contributed by atoms with Crippen LogP contribution in [0.5, 0.6) is 0 Å². The van der Waals surface area contributed by atoms with Gasteiger partial charge in [0, 0.05) is 11.7 Å². The monoisotopic (exact) mass is 290 g/mol. The van der Waals surface area contributed by atoms with Gasteiger partial charge >= 0.3 is 5.97 Å². The Morgan fingerprint density at radius 2 is 1.81 bits per heavy atom. The number of rotatable bonds is 4. The lowest BCUT2D eigenvalue weighted by Gasteiger charge is -2.28. The van der Waals surface area contributed by atoms with E-state index in [2.05, 4.69) is 0 Å². The summed E-state index contributed by atoms with van der Waals surface area (Å²) in [6, 6.07) is 8.76. The van der Waals surface area contributed by atoms with E-state index in [-0.39, 0.29) is 24.4 Å². The van der Waals surface area contributed by atoms with Gasteiger partial charge in [0.1, 0.15) is 6.54 Å².